The first-order valence-electron chi connectivity index (χ1n) is 9.21. The molecule has 4 rings (SSSR count). The van der Waals surface area contributed by atoms with Crippen LogP contribution in [0.1, 0.15) is 33.0 Å². The second-order valence-corrected chi connectivity index (χ2v) is 8.64. The highest BCUT2D eigenvalue weighted by atomic mass is 32.2. The summed E-state index contributed by atoms with van der Waals surface area (Å²) in [6.45, 7) is 1.87. The number of methoxy groups -OCH3 is 1. The van der Waals surface area contributed by atoms with E-state index in [2.05, 4.69) is 15.5 Å². The number of nitrogens with one attached hydrogen (secondary N) is 1. The van der Waals surface area contributed by atoms with Crippen molar-refractivity contribution >= 4 is 40.0 Å². The Balaban J connectivity index is 1.48. The molecule has 7 nitrogen and oxygen atoms in total. The van der Waals surface area contributed by atoms with E-state index in [0.29, 0.717) is 15.7 Å². The summed E-state index contributed by atoms with van der Waals surface area (Å²) in [5.74, 6) is 0.322. The lowest BCUT2D eigenvalue weighted by atomic mass is 10.1. The van der Waals surface area contributed by atoms with Crippen LogP contribution in [-0.2, 0) is 22.4 Å². The molecule has 1 amide bonds. The zero-order chi connectivity index (χ0) is 20.4. The number of aromatic nitrogens is 3. The Labute approximate surface area is 176 Å². The van der Waals surface area contributed by atoms with Crippen molar-refractivity contribution in [3.8, 4) is 5.69 Å². The van der Waals surface area contributed by atoms with Crippen LogP contribution in [0.4, 0.5) is 5.00 Å². The number of ether oxygens (including phenoxy) is 1. The van der Waals surface area contributed by atoms with Gasteiger partial charge in [0.1, 0.15) is 10.8 Å². The number of fused-ring (bicyclic) bond motifs is 1. The summed E-state index contributed by atoms with van der Waals surface area (Å²) >= 11 is 2.78. The minimum absolute atomic E-state index is 0.161. The van der Waals surface area contributed by atoms with E-state index in [-0.39, 0.29) is 11.7 Å². The highest BCUT2D eigenvalue weighted by molar-refractivity contribution is 7.99. The minimum atomic E-state index is -0.396. The average molecular weight is 429 g/mol. The number of nitrogens with zero attached hydrogens (tertiary/aromatic N) is 3. The van der Waals surface area contributed by atoms with E-state index in [1.807, 2.05) is 41.8 Å². The summed E-state index contributed by atoms with van der Waals surface area (Å²) in [4.78, 5) is 26.0. The molecule has 3 aromatic rings. The molecule has 1 aliphatic rings. The van der Waals surface area contributed by atoms with E-state index in [1.165, 1.54) is 30.2 Å². The van der Waals surface area contributed by atoms with Crippen molar-refractivity contribution in [2.24, 2.45) is 0 Å². The van der Waals surface area contributed by atoms with Gasteiger partial charge in [0, 0.05) is 10.6 Å². The topological polar surface area (TPSA) is 86.1 Å². The number of carbonyl (C=O) groups excluding carboxylic acids is 2. The zero-order valence-corrected chi connectivity index (χ0v) is 17.7. The van der Waals surface area contributed by atoms with Crippen molar-refractivity contribution in [3.05, 3.63) is 52.2 Å². The third kappa shape index (κ3) is 3.92. The maximum atomic E-state index is 12.6. The van der Waals surface area contributed by atoms with Gasteiger partial charge in [-0.1, -0.05) is 30.0 Å². The predicted octanol–water partition coefficient (Wildman–Crippen LogP) is 3.64. The molecule has 29 heavy (non-hydrogen) atoms. The molecular formula is C20H20N4O3S2. The molecular weight excluding hydrogens is 408 g/mol. The van der Waals surface area contributed by atoms with Crippen molar-refractivity contribution in [2.75, 3.05) is 18.2 Å². The molecule has 0 fully saturated rings. The molecule has 2 heterocycles. The van der Waals surface area contributed by atoms with Gasteiger partial charge in [0.05, 0.1) is 18.4 Å². The number of para-hydroxylation sites is 1. The smallest absolute Gasteiger partial charge is 0.341 e. The Hall–Kier alpha value is -2.65. The third-order valence-corrected chi connectivity index (χ3v) is 6.84. The molecule has 1 aromatic carbocycles. The van der Waals surface area contributed by atoms with E-state index in [4.69, 9.17) is 4.74 Å². The quantitative estimate of drug-likeness (QED) is 0.476. The number of thiophene rings is 1. The Bertz CT molecular complexity index is 1060. The van der Waals surface area contributed by atoms with E-state index < -0.39 is 5.97 Å². The van der Waals surface area contributed by atoms with Crippen LogP contribution >= 0.6 is 23.1 Å². The van der Waals surface area contributed by atoms with Gasteiger partial charge in [0.2, 0.25) is 5.91 Å². The number of anilines is 1. The number of hydrogen-bond donors (Lipinski definition) is 1. The van der Waals surface area contributed by atoms with Gasteiger partial charge >= 0.3 is 5.97 Å². The van der Waals surface area contributed by atoms with Gasteiger partial charge in [-0.3, -0.25) is 9.36 Å². The van der Waals surface area contributed by atoms with Crippen LogP contribution in [0.5, 0.6) is 0 Å². The first-order chi connectivity index (χ1) is 14.1. The number of thioether (sulfide) groups is 1. The SMILES string of the molecule is COC(=O)c1c(NC(=O)CSc2nnc(C)n2-c2ccccc2)sc2c1CCC2. The maximum absolute atomic E-state index is 12.6. The molecule has 2 aromatic heterocycles. The van der Waals surface area contributed by atoms with Crippen molar-refractivity contribution in [1.29, 1.82) is 0 Å². The number of benzene rings is 1. The molecule has 9 heteroatoms. The van der Waals surface area contributed by atoms with Crippen molar-refractivity contribution in [3.63, 3.8) is 0 Å². The summed E-state index contributed by atoms with van der Waals surface area (Å²) < 4.78 is 6.84. The van der Waals surface area contributed by atoms with Gasteiger partial charge in [-0.15, -0.1) is 21.5 Å². The third-order valence-electron chi connectivity index (χ3n) is 4.71. The first kappa shape index (κ1) is 19.7. The van der Waals surface area contributed by atoms with E-state index in [9.17, 15) is 9.59 Å². The van der Waals surface area contributed by atoms with E-state index >= 15 is 0 Å². The Morgan fingerprint density at radius 1 is 1.24 bits per heavy atom. The summed E-state index contributed by atoms with van der Waals surface area (Å²) in [6, 6.07) is 9.77. The van der Waals surface area contributed by atoms with Gasteiger partial charge in [0.15, 0.2) is 5.16 Å². The Kier molecular flexibility index (Phi) is 5.68. The summed E-state index contributed by atoms with van der Waals surface area (Å²) in [5, 5.41) is 12.4. The van der Waals surface area contributed by atoms with Gasteiger partial charge in [0.25, 0.3) is 0 Å². The Morgan fingerprint density at radius 3 is 2.79 bits per heavy atom. The summed E-state index contributed by atoms with van der Waals surface area (Å²) in [7, 11) is 1.36. The van der Waals surface area contributed by atoms with Crippen LogP contribution in [0.3, 0.4) is 0 Å². The fraction of sp³-hybridized carbons (Fsp3) is 0.300. The van der Waals surface area contributed by atoms with Crippen molar-refractivity contribution < 1.29 is 14.3 Å². The zero-order valence-electron chi connectivity index (χ0n) is 16.1. The molecule has 0 unspecified atom stereocenters. The second kappa shape index (κ2) is 8.38. The number of aryl methyl sites for hydroxylation is 2. The molecule has 0 saturated carbocycles. The van der Waals surface area contributed by atoms with Gasteiger partial charge in [-0.25, -0.2) is 4.79 Å². The lowest BCUT2D eigenvalue weighted by Gasteiger charge is -2.09. The predicted molar refractivity (Wildman–Crippen MR) is 113 cm³/mol. The highest BCUT2D eigenvalue weighted by Crippen LogP contribution is 2.39. The number of hydrogen-bond acceptors (Lipinski definition) is 7. The molecule has 0 saturated heterocycles. The van der Waals surface area contributed by atoms with Gasteiger partial charge < -0.3 is 10.1 Å². The average Bonchev–Trinajstić information content (AvgIpc) is 3.41. The van der Waals surface area contributed by atoms with Crippen LogP contribution in [-0.4, -0.2) is 39.5 Å². The number of carbonyl (C=O) groups is 2. The molecule has 1 aliphatic carbocycles. The second-order valence-electron chi connectivity index (χ2n) is 6.59. The van der Waals surface area contributed by atoms with E-state index in [1.54, 1.807) is 0 Å². The fourth-order valence-corrected chi connectivity index (χ4v) is 5.51. The molecule has 0 radical (unpaired) electrons. The molecule has 150 valence electrons. The first-order valence-corrected chi connectivity index (χ1v) is 11.0. The molecule has 0 spiro atoms. The number of rotatable bonds is 6. The van der Waals surface area contributed by atoms with Crippen LogP contribution in [0, 0.1) is 6.92 Å². The van der Waals surface area contributed by atoms with Gasteiger partial charge in [-0.2, -0.15) is 0 Å². The largest absolute Gasteiger partial charge is 0.465 e. The standard InChI is InChI=1S/C20H20N4O3S2/c1-12-22-23-20(24(12)13-7-4-3-5-8-13)28-11-16(25)21-18-17(19(26)27-2)14-9-6-10-15(14)29-18/h3-5,7-8H,6,9-11H2,1-2H3,(H,21,25). The van der Waals surface area contributed by atoms with Crippen molar-refractivity contribution in [2.45, 2.75) is 31.3 Å². The van der Waals surface area contributed by atoms with Crippen LogP contribution in [0.2, 0.25) is 0 Å². The minimum Gasteiger partial charge on any atom is -0.465 e. The molecule has 1 N–H and O–H groups in total. The van der Waals surface area contributed by atoms with Crippen LogP contribution in [0.15, 0.2) is 35.5 Å². The van der Waals surface area contributed by atoms with Crippen LogP contribution < -0.4 is 5.32 Å². The lowest BCUT2D eigenvalue weighted by molar-refractivity contribution is -0.113. The summed E-state index contributed by atoms with van der Waals surface area (Å²) in [5.41, 5.74) is 2.47. The number of esters is 1. The van der Waals surface area contributed by atoms with E-state index in [0.717, 1.165) is 41.2 Å². The summed E-state index contributed by atoms with van der Waals surface area (Å²) in [6.07, 6.45) is 2.82. The monoisotopic (exact) mass is 428 g/mol. The molecule has 0 bridgehead atoms. The van der Waals surface area contributed by atoms with Crippen LogP contribution in [0.25, 0.3) is 5.69 Å². The number of amides is 1. The maximum Gasteiger partial charge on any atom is 0.341 e. The van der Waals surface area contributed by atoms with Crippen molar-refractivity contribution in [1.82, 2.24) is 14.8 Å². The fourth-order valence-electron chi connectivity index (χ4n) is 3.41. The Morgan fingerprint density at radius 2 is 2.03 bits per heavy atom. The molecule has 0 aliphatic heterocycles. The lowest BCUT2D eigenvalue weighted by Crippen LogP contribution is -2.16. The molecule has 0 atom stereocenters. The highest BCUT2D eigenvalue weighted by Gasteiger charge is 2.28. The normalized spacial score (nSPS) is 12.6. The van der Waals surface area contributed by atoms with Gasteiger partial charge in [-0.05, 0) is 43.9 Å².